The molecule has 0 bridgehead atoms. The maximum absolute atomic E-state index is 11.7. The number of nitriles is 1. The molecule has 17 heavy (non-hydrogen) atoms. The van der Waals surface area contributed by atoms with Crippen LogP contribution in [0.5, 0.6) is 0 Å². The Morgan fingerprint density at radius 1 is 1.41 bits per heavy atom. The topological polar surface area (TPSA) is 62.1 Å². The molecule has 1 fully saturated rings. The second-order valence-electron chi connectivity index (χ2n) is 6.56. The fourth-order valence-electron chi connectivity index (χ4n) is 2.30. The van der Waals surface area contributed by atoms with Gasteiger partial charge < -0.3 is 10.1 Å². The number of alkyl carbamates (subject to hydrolysis) is 1. The van der Waals surface area contributed by atoms with Crippen LogP contribution in [-0.4, -0.2) is 25.8 Å². The Morgan fingerprint density at radius 3 is 2.47 bits per heavy atom. The SMILES string of the molecule is CC(C)(C)OC(=O)NC1C[Si](C)(C)CC1C#N. The molecule has 5 heteroatoms. The number of hydrogen-bond donors (Lipinski definition) is 1. The summed E-state index contributed by atoms with van der Waals surface area (Å²) in [5.74, 6) is -0.0517. The first kappa shape index (κ1) is 14.0. The molecular weight excluding hydrogens is 232 g/mol. The van der Waals surface area contributed by atoms with E-state index in [4.69, 9.17) is 10.00 Å². The van der Waals surface area contributed by atoms with Gasteiger partial charge in [0.25, 0.3) is 0 Å². The number of carbonyl (C=O) groups excluding carboxylic acids is 1. The van der Waals surface area contributed by atoms with E-state index in [1.807, 2.05) is 20.8 Å². The van der Waals surface area contributed by atoms with Crippen molar-refractivity contribution in [2.75, 3.05) is 0 Å². The molecule has 0 aromatic rings. The molecule has 0 radical (unpaired) electrons. The minimum absolute atomic E-state index is 0.0310. The van der Waals surface area contributed by atoms with Gasteiger partial charge >= 0.3 is 6.09 Å². The average molecular weight is 254 g/mol. The molecule has 2 atom stereocenters. The number of carbonyl (C=O) groups is 1. The summed E-state index contributed by atoms with van der Waals surface area (Å²) < 4.78 is 5.22. The highest BCUT2D eigenvalue weighted by Gasteiger charge is 2.41. The van der Waals surface area contributed by atoms with Crippen LogP contribution >= 0.6 is 0 Å². The summed E-state index contributed by atoms with van der Waals surface area (Å²) >= 11 is 0. The zero-order valence-electron chi connectivity index (χ0n) is 11.3. The highest BCUT2D eigenvalue weighted by Crippen LogP contribution is 2.34. The number of ether oxygens (including phenoxy) is 1. The van der Waals surface area contributed by atoms with Crippen LogP contribution < -0.4 is 5.32 Å². The molecule has 1 N–H and O–H groups in total. The van der Waals surface area contributed by atoms with Crippen LogP contribution in [0.1, 0.15) is 20.8 Å². The largest absolute Gasteiger partial charge is 0.444 e. The Morgan fingerprint density at radius 2 is 2.00 bits per heavy atom. The van der Waals surface area contributed by atoms with E-state index in [0.717, 1.165) is 12.1 Å². The first-order chi connectivity index (χ1) is 7.63. The molecular formula is C12H22N2O2Si. The maximum atomic E-state index is 11.7. The van der Waals surface area contributed by atoms with Gasteiger partial charge in [0.2, 0.25) is 0 Å². The molecule has 0 aromatic heterocycles. The number of amides is 1. The Bertz CT molecular complexity index is 341. The summed E-state index contributed by atoms with van der Waals surface area (Å²) in [5.41, 5.74) is -0.488. The highest BCUT2D eigenvalue weighted by atomic mass is 28.3. The van der Waals surface area contributed by atoms with Crippen molar-refractivity contribution >= 4 is 14.2 Å². The minimum atomic E-state index is -1.31. The molecule has 96 valence electrons. The molecule has 1 saturated heterocycles. The van der Waals surface area contributed by atoms with Crippen LogP contribution in [-0.2, 0) is 4.74 Å². The van der Waals surface area contributed by atoms with E-state index < -0.39 is 19.8 Å². The first-order valence-electron chi connectivity index (χ1n) is 6.02. The second kappa shape index (κ2) is 4.69. The zero-order valence-corrected chi connectivity index (χ0v) is 12.3. The molecule has 0 spiro atoms. The molecule has 1 aliphatic rings. The van der Waals surface area contributed by atoms with E-state index >= 15 is 0 Å². The van der Waals surface area contributed by atoms with Gasteiger partial charge in [0.1, 0.15) is 5.60 Å². The van der Waals surface area contributed by atoms with Crippen LogP contribution in [0, 0.1) is 17.2 Å². The molecule has 4 nitrogen and oxygen atoms in total. The lowest BCUT2D eigenvalue weighted by Crippen LogP contribution is -2.40. The number of hydrogen-bond acceptors (Lipinski definition) is 3. The van der Waals surface area contributed by atoms with Gasteiger partial charge in [0.05, 0.1) is 20.1 Å². The second-order valence-corrected chi connectivity index (χ2v) is 11.7. The van der Waals surface area contributed by atoms with Crippen molar-refractivity contribution in [1.29, 1.82) is 5.26 Å². The average Bonchev–Trinajstić information content (AvgIpc) is 2.36. The third-order valence-electron chi connectivity index (χ3n) is 2.90. The minimum Gasteiger partial charge on any atom is -0.444 e. The van der Waals surface area contributed by atoms with Crippen molar-refractivity contribution in [1.82, 2.24) is 5.32 Å². The molecule has 1 rings (SSSR count). The predicted octanol–water partition coefficient (Wildman–Crippen LogP) is 2.74. The summed E-state index contributed by atoms with van der Waals surface area (Å²) in [7, 11) is -1.31. The van der Waals surface area contributed by atoms with Crippen molar-refractivity contribution in [3.63, 3.8) is 0 Å². The summed E-state index contributed by atoms with van der Waals surface area (Å²) in [4.78, 5) is 11.7. The zero-order chi connectivity index (χ0) is 13.3. The van der Waals surface area contributed by atoms with Gasteiger partial charge in [-0.3, -0.25) is 0 Å². The van der Waals surface area contributed by atoms with E-state index in [-0.39, 0.29) is 12.0 Å². The standard InChI is InChI=1S/C12H22N2O2Si/c1-12(2,3)16-11(15)14-10-8-17(4,5)7-9(10)6-13/h9-10H,7-8H2,1-5H3,(H,14,15). The lowest BCUT2D eigenvalue weighted by atomic mass is 10.1. The van der Waals surface area contributed by atoms with Crippen LogP contribution in [0.15, 0.2) is 0 Å². The first-order valence-corrected chi connectivity index (χ1v) is 9.43. The predicted molar refractivity (Wildman–Crippen MR) is 69.4 cm³/mol. The quantitative estimate of drug-likeness (QED) is 0.732. The fourth-order valence-corrected chi connectivity index (χ4v) is 5.62. The van der Waals surface area contributed by atoms with Crippen molar-refractivity contribution in [3.8, 4) is 6.07 Å². The van der Waals surface area contributed by atoms with Gasteiger partial charge in [0, 0.05) is 6.04 Å². The van der Waals surface area contributed by atoms with Crippen LogP contribution in [0.25, 0.3) is 0 Å². The van der Waals surface area contributed by atoms with E-state index in [1.54, 1.807) is 0 Å². The Hall–Kier alpha value is -1.02. The van der Waals surface area contributed by atoms with E-state index in [0.29, 0.717) is 0 Å². The normalized spacial score (nSPS) is 27.3. The molecule has 1 aliphatic heterocycles. The van der Waals surface area contributed by atoms with Crippen LogP contribution in [0.2, 0.25) is 25.2 Å². The Kier molecular flexibility index (Phi) is 3.87. The van der Waals surface area contributed by atoms with Crippen molar-refractivity contribution in [3.05, 3.63) is 0 Å². The van der Waals surface area contributed by atoms with Gasteiger partial charge in [-0.25, -0.2) is 4.79 Å². The van der Waals surface area contributed by atoms with Gasteiger partial charge in [-0.1, -0.05) is 13.1 Å². The summed E-state index contributed by atoms with van der Waals surface area (Å²) in [6, 6.07) is 4.20. The molecule has 0 aliphatic carbocycles. The maximum Gasteiger partial charge on any atom is 0.407 e. The Balaban J connectivity index is 2.57. The lowest BCUT2D eigenvalue weighted by molar-refractivity contribution is 0.0503. The van der Waals surface area contributed by atoms with Crippen LogP contribution in [0.4, 0.5) is 4.79 Å². The van der Waals surface area contributed by atoms with Crippen LogP contribution in [0.3, 0.4) is 0 Å². The van der Waals surface area contributed by atoms with Gasteiger partial charge in [-0.2, -0.15) is 5.26 Å². The molecule has 0 saturated carbocycles. The van der Waals surface area contributed by atoms with Crippen molar-refractivity contribution in [2.24, 2.45) is 5.92 Å². The van der Waals surface area contributed by atoms with E-state index in [9.17, 15) is 4.79 Å². The third kappa shape index (κ3) is 4.39. The molecule has 0 aromatic carbocycles. The molecule has 1 heterocycles. The third-order valence-corrected chi connectivity index (χ3v) is 5.99. The van der Waals surface area contributed by atoms with E-state index in [2.05, 4.69) is 24.5 Å². The van der Waals surface area contributed by atoms with Gasteiger partial charge in [-0.05, 0) is 32.9 Å². The van der Waals surface area contributed by atoms with E-state index in [1.165, 1.54) is 0 Å². The van der Waals surface area contributed by atoms with Crippen molar-refractivity contribution < 1.29 is 9.53 Å². The number of rotatable bonds is 1. The number of nitrogens with one attached hydrogen (secondary N) is 1. The monoisotopic (exact) mass is 254 g/mol. The Labute approximate surface area is 104 Å². The fraction of sp³-hybridized carbons (Fsp3) is 0.833. The highest BCUT2D eigenvalue weighted by molar-refractivity contribution is 6.78. The lowest BCUT2D eigenvalue weighted by Gasteiger charge is -2.23. The number of nitrogens with zero attached hydrogens (tertiary/aromatic N) is 1. The van der Waals surface area contributed by atoms with Gasteiger partial charge in [0.15, 0.2) is 0 Å². The van der Waals surface area contributed by atoms with Crippen molar-refractivity contribution in [2.45, 2.75) is 57.6 Å². The molecule has 1 amide bonds. The smallest absolute Gasteiger partial charge is 0.407 e. The molecule has 2 unspecified atom stereocenters. The summed E-state index contributed by atoms with van der Waals surface area (Å²) in [6.07, 6.45) is -0.408. The summed E-state index contributed by atoms with van der Waals surface area (Å²) in [6.45, 7) is 10.0. The summed E-state index contributed by atoms with van der Waals surface area (Å²) in [5, 5.41) is 11.9. The van der Waals surface area contributed by atoms with Gasteiger partial charge in [-0.15, -0.1) is 0 Å².